The van der Waals surface area contributed by atoms with Gasteiger partial charge in [0.15, 0.2) is 0 Å². The SMILES string of the molecule is CCC(NC)c1ccc(C(F)(F)F)cn1. The van der Waals surface area contributed by atoms with Crippen LogP contribution in [0.1, 0.15) is 30.6 Å². The molecule has 0 spiro atoms. The number of halogens is 3. The van der Waals surface area contributed by atoms with E-state index in [-0.39, 0.29) is 6.04 Å². The van der Waals surface area contributed by atoms with Crippen LogP contribution in [0.5, 0.6) is 0 Å². The lowest BCUT2D eigenvalue weighted by atomic mass is 10.1. The first-order chi connectivity index (χ1) is 6.99. The molecule has 0 aliphatic carbocycles. The van der Waals surface area contributed by atoms with Crippen LogP contribution < -0.4 is 5.32 Å². The topological polar surface area (TPSA) is 24.9 Å². The summed E-state index contributed by atoms with van der Waals surface area (Å²) in [7, 11) is 1.76. The first-order valence-electron chi connectivity index (χ1n) is 4.69. The highest BCUT2D eigenvalue weighted by Gasteiger charge is 2.30. The number of pyridine rings is 1. The van der Waals surface area contributed by atoms with Gasteiger partial charge in [0.25, 0.3) is 0 Å². The quantitative estimate of drug-likeness (QED) is 0.843. The van der Waals surface area contributed by atoms with Gasteiger partial charge in [-0.3, -0.25) is 4.98 Å². The number of nitrogens with one attached hydrogen (secondary N) is 1. The molecule has 1 aromatic heterocycles. The van der Waals surface area contributed by atoms with E-state index in [2.05, 4.69) is 10.3 Å². The zero-order valence-corrected chi connectivity index (χ0v) is 8.60. The Bertz CT molecular complexity index is 301. The molecule has 1 aromatic rings. The van der Waals surface area contributed by atoms with E-state index in [9.17, 15) is 13.2 Å². The van der Waals surface area contributed by atoms with Crippen LogP contribution >= 0.6 is 0 Å². The van der Waals surface area contributed by atoms with Gasteiger partial charge in [0, 0.05) is 12.2 Å². The molecule has 0 saturated carbocycles. The molecule has 0 aliphatic rings. The summed E-state index contributed by atoms with van der Waals surface area (Å²) in [4.78, 5) is 3.80. The van der Waals surface area contributed by atoms with Gasteiger partial charge in [-0.2, -0.15) is 13.2 Å². The maximum Gasteiger partial charge on any atom is 0.417 e. The second-order valence-electron chi connectivity index (χ2n) is 3.22. The van der Waals surface area contributed by atoms with Crippen molar-refractivity contribution >= 4 is 0 Å². The van der Waals surface area contributed by atoms with Crippen molar-refractivity contribution in [2.24, 2.45) is 0 Å². The molecule has 1 rings (SSSR count). The summed E-state index contributed by atoms with van der Waals surface area (Å²) in [5.74, 6) is 0. The molecule has 1 atom stereocenters. The van der Waals surface area contributed by atoms with Crippen LogP contribution in [0.25, 0.3) is 0 Å². The highest BCUT2D eigenvalue weighted by atomic mass is 19.4. The molecule has 0 aliphatic heterocycles. The molecule has 84 valence electrons. The van der Waals surface area contributed by atoms with Crippen LogP contribution in [0.3, 0.4) is 0 Å². The molecule has 1 N–H and O–H groups in total. The van der Waals surface area contributed by atoms with Gasteiger partial charge in [0.05, 0.1) is 11.3 Å². The molecule has 2 nitrogen and oxygen atoms in total. The highest BCUT2D eigenvalue weighted by Crippen LogP contribution is 2.29. The molecule has 0 bridgehead atoms. The van der Waals surface area contributed by atoms with E-state index in [1.165, 1.54) is 6.07 Å². The standard InChI is InChI=1S/C10H13F3N2/c1-3-8(14-2)9-5-4-7(6-15-9)10(11,12)13/h4-6,8,14H,3H2,1-2H3. The minimum Gasteiger partial charge on any atom is -0.312 e. The molecular formula is C10H13F3N2. The summed E-state index contributed by atoms with van der Waals surface area (Å²) in [6.45, 7) is 1.94. The monoisotopic (exact) mass is 218 g/mol. The number of nitrogens with zero attached hydrogens (tertiary/aromatic N) is 1. The average molecular weight is 218 g/mol. The van der Waals surface area contributed by atoms with Crippen LogP contribution in [0.4, 0.5) is 13.2 Å². The number of aromatic nitrogens is 1. The fraction of sp³-hybridized carbons (Fsp3) is 0.500. The number of rotatable bonds is 3. The molecule has 0 fully saturated rings. The number of hydrogen-bond acceptors (Lipinski definition) is 2. The fourth-order valence-corrected chi connectivity index (χ4v) is 1.34. The Balaban J connectivity index is 2.89. The van der Waals surface area contributed by atoms with E-state index in [0.717, 1.165) is 18.7 Å². The van der Waals surface area contributed by atoms with Gasteiger partial charge in [-0.1, -0.05) is 6.92 Å². The van der Waals surface area contributed by atoms with Crippen molar-refractivity contribution in [2.75, 3.05) is 7.05 Å². The summed E-state index contributed by atoms with van der Waals surface area (Å²) in [5.41, 5.74) is -0.0785. The number of alkyl halides is 3. The smallest absolute Gasteiger partial charge is 0.312 e. The average Bonchev–Trinajstić information content (AvgIpc) is 2.19. The number of hydrogen-bond donors (Lipinski definition) is 1. The van der Waals surface area contributed by atoms with Crippen LogP contribution in [0, 0.1) is 0 Å². The molecule has 5 heteroatoms. The van der Waals surface area contributed by atoms with Gasteiger partial charge < -0.3 is 5.32 Å². The van der Waals surface area contributed by atoms with Crippen LogP contribution in [0.15, 0.2) is 18.3 Å². The van der Waals surface area contributed by atoms with Gasteiger partial charge in [0.2, 0.25) is 0 Å². The van der Waals surface area contributed by atoms with E-state index in [1.807, 2.05) is 6.92 Å². The van der Waals surface area contributed by atoms with Crippen LogP contribution in [-0.2, 0) is 6.18 Å². The summed E-state index contributed by atoms with van der Waals surface area (Å²) < 4.78 is 36.7. The Hall–Kier alpha value is -1.10. The largest absolute Gasteiger partial charge is 0.417 e. The van der Waals surface area contributed by atoms with Crippen molar-refractivity contribution in [3.05, 3.63) is 29.6 Å². The Morgan fingerprint density at radius 2 is 2.07 bits per heavy atom. The Kier molecular flexibility index (Phi) is 3.68. The van der Waals surface area contributed by atoms with Crippen LogP contribution in [-0.4, -0.2) is 12.0 Å². The minimum absolute atomic E-state index is 0.00674. The third-order valence-corrected chi connectivity index (χ3v) is 2.23. The van der Waals surface area contributed by atoms with Gasteiger partial charge in [-0.15, -0.1) is 0 Å². The molecular weight excluding hydrogens is 205 g/mol. The van der Waals surface area contributed by atoms with Gasteiger partial charge in [0.1, 0.15) is 0 Å². The fourth-order valence-electron chi connectivity index (χ4n) is 1.34. The van der Waals surface area contributed by atoms with E-state index in [0.29, 0.717) is 5.69 Å². The summed E-state index contributed by atoms with van der Waals surface area (Å²) >= 11 is 0. The van der Waals surface area contributed by atoms with Crippen LogP contribution in [0.2, 0.25) is 0 Å². The zero-order chi connectivity index (χ0) is 11.5. The molecule has 0 saturated heterocycles. The Morgan fingerprint density at radius 1 is 1.40 bits per heavy atom. The molecule has 15 heavy (non-hydrogen) atoms. The van der Waals surface area contributed by atoms with E-state index in [1.54, 1.807) is 7.05 Å². The van der Waals surface area contributed by atoms with E-state index >= 15 is 0 Å². The molecule has 1 unspecified atom stereocenters. The Morgan fingerprint density at radius 3 is 2.40 bits per heavy atom. The van der Waals surface area contributed by atoms with Crippen molar-refractivity contribution in [3.8, 4) is 0 Å². The predicted molar refractivity (Wildman–Crippen MR) is 51.3 cm³/mol. The van der Waals surface area contributed by atoms with Gasteiger partial charge in [-0.25, -0.2) is 0 Å². The van der Waals surface area contributed by atoms with Gasteiger partial charge in [-0.05, 0) is 25.6 Å². The second kappa shape index (κ2) is 4.61. The maximum absolute atomic E-state index is 12.2. The summed E-state index contributed by atoms with van der Waals surface area (Å²) in [5, 5.41) is 2.98. The first kappa shape index (κ1) is 12.0. The van der Waals surface area contributed by atoms with Crippen molar-refractivity contribution in [3.63, 3.8) is 0 Å². The zero-order valence-electron chi connectivity index (χ0n) is 8.60. The normalized spacial score (nSPS) is 13.9. The van der Waals surface area contributed by atoms with Gasteiger partial charge >= 0.3 is 6.18 Å². The van der Waals surface area contributed by atoms with Crippen molar-refractivity contribution in [2.45, 2.75) is 25.6 Å². The van der Waals surface area contributed by atoms with E-state index in [4.69, 9.17) is 0 Å². The summed E-state index contributed by atoms with van der Waals surface area (Å²) in [6, 6.07) is 2.47. The Labute approximate surface area is 86.5 Å². The molecule has 0 aromatic carbocycles. The first-order valence-corrected chi connectivity index (χ1v) is 4.69. The van der Waals surface area contributed by atoms with Crippen molar-refractivity contribution in [1.82, 2.24) is 10.3 Å². The lowest BCUT2D eigenvalue weighted by molar-refractivity contribution is -0.137. The molecule has 0 radical (unpaired) electrons. The maximum atomic E-state index is 12.2. The van der Waals surface area contributed by atoms with Crippen molar-refractivity contribution < 1.29 is 13.2 Å². The predicted octanol–water partition coefficient (Wildman–Crippen LogP) is 2.77. The molecule has 0 amide bonds. The van der Waals surface area contributed by atoms with Crippen molar-refractivity contribution in [1.29, 1.82) is 0 Å². The van der Waals surface area contributed by atoms with E-state index < -0.39 is 11.7 Å². The minimum atomic E-state index is -4.31. The molecule has 1 heterocycles. The summed E-state index contributed by atoms with van der Waals surface area (Å²) in [6.07, 6.45) is -2.66. The highest BCUT2D eigenvalue weighted by molar-refractivity contribution is 5.18. The third kappa shape index (κ3) is 2.92. The lowest BCUT2D eigenvalue weighted by Gasteiger charge is -2.14. The lowest BCUT2D eigenvalue weighted by Crippen LogP contribution is -2.17. The third-order valence-electron chi connectivity index (χ3n) is 2.23. The second-order valence-corrected chi connectivity index (χ2v) is 3.22.